The smallest absolute Gasteiger partial charge is 0.303 e. The van der Waals surface area contributed by atoms with E-state index in [4.69, 9.17) is 5.11 Å². The highest BCUT2D eigenvalue weighted by Crippen LogP contribution is 2.21. The van der Waals surface area contributed by atoms with Gasteiger partial charge in [-0.25, -0.2) is 0 Å². The third-order valence-electron chi connectivity index (χ3n) is 3.31. The molecule has 6 nitrogen and oxygen atoms in total. The summed E-state index contributed by atoms with van der Waals surface area (Å²) in [6, 6.07) is 6.61. The summed E-state index contributed by atoms with van der Waals surface area (Å²) in [6.07, 6.45) is 0.0428. The van der Waals surface area contributed by atoms with Crippen LogP contribution in [0.3, 0.4) is 0 Å². The molecule has 7 heteroatoms. The standard InChI is InChI=1S/C14H22N2O4S/c1-10(2)16(4)21(19,20)15-13-7-5-12(6-8-13)11(3)9-14(17)18/h5-8,10-11,15H,9H2,1-4H3,(H,17,18). The van der Waals surface area contributed by atoms with Crippen molar-refractivity contribution in [3.05, 3.63) is 29.8 Å². The predicted molar refractivity (Wildman–Crippen MR) is 82.6 cm³/mol. The maximum absolute atomic E-state index is 12.0. The fourth-order valence-electron chi connectivity index (χ4n) is 1.76. The van der Waals surface area contributed by atoms with Crippen molar-refractivity contribution in [3.63, 3.8) is 0 Å². The van der Waals surface area contributed by atoms with Gasteiger partial charge >= 0.3 is 16.2 Å². The molecule has 118 valence electrons. The largest absolute Gasteiger partial charge is 0.481 e. The number of benzene rings is 1. The minimum atomic E-state index is -3.58. The minimum Gasteiger partial charge on any atom is -0.481 e. The van der Waals surface area contributed by atoms with E-state index in [1.54, 1.807) is 38.1 Å². The van der Waals surface area contributed by atoms with E-state index in [1.165, 1.54) is 11.4 Å². The van der Waals surface area contributed by atoms with Gasteiger partial charge in [-0.15, -0.1) is 0 Å². The summed E-state index contributed by atoms with van der Waals surface area (Å²) in [4.78, 5) is 10.7. The Morgan fingerprint density at radius 3 is 2.19 bits per heavy atom. The molecule has 0 amide bonds. The van der Waals surface area contributed by atoms with Crippen LogP contribution in [0.25, 0.3) is 0 Å². The monoisotopic (exact) mass is 314 g/mol. The van der Waals surface area contributed by atoms with Gasteiger partial charge in [0.15, 0.2) is 0 Å². The second-order valence-electron chi connectivity index (χ2n) is 5.34. The topological polar surface area (TPSA) is 86.7 Å². The average Bonchev–Trinajstić information content (AvgIpc) is 2.37. The highest BCUT2D eigenvalue weighted by molar-refractivity contribution is 7.90. The first-order valence-corrected chi connectivity index (χ1v) is 8.15. The van der Waals surface area contributed by atoms with Crippen LogP contribution >= 0.6 is 0 Å². The van der Waals surface area contributed by atoms with E-state index < -0.39 is 16.2 Å². The van der Waals surface area contributed by atoms with Crippen molar-refractivity contribution >= 4 is 21.9 Å². The fourth-order valence-corrected chi connectivity index (χ4v) is 2.89. The summed E-state index contributed by atoms with van der Waals surface area (Å²) in [5, 5.41) is 8.77. The van der Waals surface area contributed by atoms with Gasteiger partial charge in [0.2, 0.25) is 0 Å². The molecular formula is C14H22N2O4S. The Hall–Kier alpha value is -1.60. The average molecular weight is 314 g/mol. The van der Waals surface area contributed by atoms with Crippen LogP contribution in [0.1, 0.15) is 38.7 Å². The SMILES string of the molecule is CC(CC(=O)O)c1ccc(NS(=O)(=O)N(C)C(C)C)cc1. The van der Waals surface area contributed by atoms with Gasteiger partial charge in [0.05, 0.1) is 6.42 Å². The van der Waals surface area contributed by atoms with E-state index in [2.05, 4.69) is 4.72 Å². The van der Waals surface area contributed by atoms with Crippen molar-refractivity contribution in [3.8, 4) is 0 Å². The van der Waals surface area contributed by atoms with Gasteiger partial charge in [0.25, 0.3) is 0 Å². The molecule has 1 atom stereocenters. The Morgan fingerprint density at radius 2 is 1.76 bits per heavy atom. The molecular weight excluding hydrogens is 292 g/mol. The summed E-state index contributed by atoms with van der Waals surface area (Å²) >= 11 is 0. The number of anilines is 1. The lowest BCUT2D eigenvalue weighted by Crippen LogP contribution is -2.37. The quantitative estimate of drug-likeness (QED) is 0.808. The Bertz CT molecular complexity index is 581. The number of hydrogen-bond acceptors (Lipinski definition) is 3. The van der Waals surface area contributed by atoms with Gasteiger partial charge in [-0.1, -0.05) is 19.1 Å². The third kappa shape index (κ3) is 5.02. The van der Waals surface area contributed by atoms with Gasteiger partial charge < -0.3 is 5.11 Å². The first-order valence-electron chi connectivity index (χ1n) is 6.71. The second kappa shape index (κ2) is 6.91. The van der Waals surface area contributed by atoms with Crippen molar-refractivity contribution in [2.75, 3.05) is 11.8 Å². The summed E-state index contributed by atoms with van der Waals surface area (Å²) in [5.41, 5.74) is 1.31. The summed E-state index contributed by atoms with van der Waals surface area (Å²) in [5.74, 6) is -0.975. The molecule has 1 aromatic rings. The Kier molecular flexibility index (Phi) is 5.74. The first-order chi connectivity index (χ1) is 9.63. The number of hydrogen-bond donors (Lipinski definition) is 2. The van der Waals surface area contributed by atoms with E-state index in [0.717, 1.165) is 5.56 Å². The summed E-state index contributed by atoms with van der Waals surface area (Å²) in [6.45, 7) is 5.39. The molecule has 1 rings (SSSR count). The molecule has 0 bridgehead atoms. The van der Waals surface area contributed by atoms with Crippen LogP contribution < -0.4 is 4.72 Å². The van der Waals surface area contributed by atoms with Gasteiger partial charge in [0.1, 0.15) is 0 Å². The van der Waals surface area contributed by atoms with Crippen molar-refractivity contribution in [1.82, 2.24) is 4.31 Å². The van der Waals surface area contributed by atoms with Crippen molar-refractivity contribution in [2.45, 2.75) is 39.2 Å². The summed E-state index contributed by atoms with van der Waals surface area (Å²) in [7, 11) is -2.07. The van der Waals surface area contributed by atoms with Crippen molar-refractivity contribution < 1.29 is 18.3 Å². The predicted octanol–water partition coefficient (Wildman–Crippen LogP) is 2.26. The molecule has 2 N–H and O–H groups in total. The molecule has 1 unspecified atom stereocenters. The van der Waals surface area contributed by atoms with Gasteiger partial charge in [-0.3, -0.25) is 9.52 Å². The molecule has 0 aliphatic heterocycles. The van der Waals surface area contributed by atoms with Crippen molar-refractivity contribution in [1.29, 1.82) is 0 Å². The van der Waals surface area contributed by atoms with E-state index >= 15 is 0 Å². The van der Waals surface area contributed by atoms with Gasteiger partial charge in [-0.2, -0.15) is 12.7 Å². The normalized spacial score (nSPS) is 13.4. The van der Waals surface area contributed by atoms with Crippen LogP contribution in [0.15, 0.2) is 24.3 Å². The number of nitrogens with one attached hydrogen (secondary N) is 1. The molecule has 0 fully saturated rings. The number of nitrogens with zero attached hydrogens (tertiary/aromatic N) is 1. The molecule has 0 aliphatic rings. The molecule has 0 spiro atoms. The Morgan fingerprint density at radius 1 is 1.24 bits per heavy atom. The molecule has 0 heterocycles. The number of aliphatic carboxylic acids is 1. The molecule has 0 saturated heterocycles. The van der Waals surface area contributed by atoms with Crippen LogP contribution in [0.2, 0.25) is 0 Å². The van der Waals surface area contributed by atoms with Crippen LogP contribution in [-0.4, -0.2) is 36.9 Å². The minimum absolute atomic E-state index is 0.0428. The molecule has 21 heavy (non-hydrogen) atoms. The Balaban J connectivity index is 2.82. The molecule has 0 aromatic heterocycles. The number of rotatable bonds is 7. The number of carboxylic acids is 1. The van der Waals surface area contributed by atoms with E-state index in [9.17, 15) is 13.2 Å². The third-order valence-corrected chi connectivity index (χ3v) is 4.99. The zero-order valence-corrected chi connectivity index (χ0v) is 13.5. The number of carboxylic acid groups (broad SMARTS) is 1. The van der Waals surface area contributed by atoms with E-state index in [-0.39, 0.29) is 18.4 Å². The lowest BCUT2D eigenvalue weighted by molar-refractivity contribution is -0.137. The maximum Gasteiger partial charge on any atom is 0.303 e. The molecule has 0 radical (unpaired) electrons. The van der Waals surface area contributed by atoms with Crippen LogP contribution in [0, 0.1) is 0 Å². The van der Waals surface area contributed by atoms with Gasteiger partial charge in [-0.05, 0) is 37.5 Å². The zero-order valence-electron chi connectivity index (χ0n) is 12.7. The van der Waals surface area contributed by atoms with E-state index in [1.807, 2.05) is 6.92 Å². The molecule has 0 saturated carbocycles. The zero-order chi connectivity index (χ0) is 16.2. The second-order valence-corrected chi connectivity index (χ2v) is 7.07. The summed E-state index contributed by atoms with van der Waals surface area (Å²) < 4.78 is 27.8. The van der Waals surface area contributed by atoms with Gasteiger partial charge in [0, 0.05) is 18.8 Å². The van der Waals surface area contributed by atoms with Crippen LogP contribution in [0.5, 0.6) is 0 Å². The molecule has 1 aromatic carbocycles. The lowest BCUT2D eigenvalue weighted by atomic mass is 9.98. The maximum atomic E-state index is 12.0. The first kappa shape index (κ1) is 17.5. The lowest BCUT2D eigenvalue weighted by Gasteiger charge is -2.21. The highest BCUT2D eigenvalue weighted by Gasteiger charge is 2.20. The van der Waals surface area contributed by atoms with Crippen LogP contribution in [-0.2, 0) is 15.0 Å². The molecule has 0 aliphatic carbocycles. The van der Waals surface area contributed by atoms with Crippen molar-refractivity contribution in [2.24, 2.45) is 0 Å². The Labute approximate surface area is 126 Å². The van der Waals surface area contributed by atoms with E-state index in [0.29, 0.717) is 5.69 Å². The number of carbonyl (C=O) groups is 1. The highest BCUT2D eigenvalue weighted by atomic mass is 32.2. The van der Waals surface area contributed by atoms with Crippen LogP contribution in [0.4, 0.5) is 5.69 Å². The fraction of sp³-hybridized carbons (Fsp3) is 0.500.